The zero-order chi connectivity index (χ0) is 21.8. The predicted molar refractivity (Wildman–Crippen MR) is 125 cm³/mol. The number of hydrogen-bond acceptors (Lipinski definition) is 3. The Kier molecular flexibility index (Phi) is 10.6. The van der Waals surface area contributed by atoms with Crippen LogP contribution in [0.25, 0.3) is 11.1 Å². The molecule has 0 bridgehead atoms. The van der Waals surface area contributed by atoms with Crippen molar-refractivity contribution in [3.63, 3.8) is 0 Å². The van der Waals surface area contributed by atoms with Crippen molar-refractivity contribution in [2.75, 3.05) is 6.61 Å². The highest BCUT2D eigenvalue weighted by Crippen LogP contribution is 2.24. The molecule has 0 fully saturated rings. The minimum atomic E-state index is -0.529. The van der Waals surface area contributed by atoms with E-state index in [9.17, 15) is 4.79 Å². The van der Waals surface area contributed by atoms with E-state index in [1.165, 1.54) is 42.4 Å². The summed E-state index contributed by atoms with van der Waals surface area (Å²) in [5, 5.41) is 0. The first-order valence-electron chi connectivity index (χ1n) is 11.6. The zero-order valence-electron chi connectivity index (χ0n) is 19.2. The van der Waals surface area contributed by atoms with Gasteiger partial charge in [-0.05, 0) is 55.4 Å². The van der Waals surface area contributed by atoms with Crippen LogP contribution in [-0.2, 0) is 20.7 Å². The summed E-state index contributed by atoms with van der Waals surface area (Å²) in [5.74, 6) is -0.308. The molecule has 0 aliphatic heterocycles. The van der Waals surface area contributed by atoms with Crippen LogP contribution in [0.15, 0.2) is 48.5 Å². The van der Waals surface area contributed by atoms with Gasteiger partial charge in [0.25, 0.3) is 0 Å². The van der Waals surface area contributed by atoms with Gasteiger partial charge in [0.1, 0.15) is 6.10 Å². The fourth-order valence-electron chi connectivity index (χ4n) is 3.38. The lowest BCUT2D eigenvalue weighted by atomic mass is 9.99. The molecule has 2 rings (SSSR count). The van der Waals surface area contributed by atoms with E-state index >= 15 is 0 Å². The maximum Gasteiger partial charge on any atom is 0.335 e. The fourth-order valence-corrected chi connectivity index (χ4v) is 3.38. The SMILES string of the molecule is CCCCCCc1ccc(-c2ccc(C(C)OC(=O)C(C)OCCCC)cc2)cc1. The fraction of sp³-hybridized carbons (Fsp3) is 0.519. The standard InChI is InChI=1S/C27H38O3/c1-5-7-9-10-11-23-12-14-25(15-13-23)26-18-16-24(17-19-26)21(3)30-27(28)22(4)29-20-8-6-2/h12-19,21-22H,5-11,20H2,1-4H3. The summed E-state index contributed by atoms with van der Waals surface area (Å²) in [6.45, 7) is 8.59. The van der Waals surface area contributed by atoms with E-state index in [1.54, 1.807) is 6.92 Å². The third kappa shape index (κ3) is 7.95. The van der Waals surface area contributed by atoms with Crippen LogP contribution in [0.2, 0.25) is 0 Å². The molecule has 2 unspecified atom stereocenters. The van der Waals surface area contributed by atoms with E-state index < -0.39 is 6.10 Å². The molecular weight excluding hydrogens is 372 g/mol. The van der Waals surface area contributed by atoms with E-state index in [1.807, 2.05) is 19.1 Å². The first-order chi connectivity index (χ1) is 14.5. The Labute approximate surface area is 182 Å². The van der Waals surface area contributed by atoms with Crippen LogP contribution in [0.5, 0.6) is 0 Å². The van der Waals surface area contributed by atoms with Gasteiger partial charge >= 0.3 is 5.97 Å². The highest BCUT2D eigenvalue weighted by Gasteiger charge is 2.18. The van der Waals surface area contributed by atoms with E-state index in [-0.39, 0.29) is 12.1 Å². The van der Waals surface area contributed by atoms with Crippen LogP contribution in [0, 0.1) is 0 Å². The Bertz CT molecular complexity index is 734. The molecule has 0 saturated heterocycles. The Morgan fingerprint density at radius 1 is 0.800 bits per heavy atom. The lowest BCUT2D eigenvalue weighted by Gasteiger charge is -2.18. The van der Waals surface area contributed by atoms with Gasteiger partial charge in [-0.2, -0.15) is 0 Å². The number of aryl methyl sites for hydroxylation is 1. The van der Waals surface area contributed by atoms with Gasteiger partial charge in [0.2, 0.25) is 0 Å². The minimum absolute atomic E-state index is 0.297. The molecule has 0 aliphatic rings. The van der Waals surface area contributed by atoms with Crippen LogP contribution in [0.4, 0.5) is 0 Å². The smallest absolute Gasteiger partial charge is 0.335 e. The average Bonchev–Trinajstić information content (AvgIpc) is 2.77. The van der Waals surface area contributed by atoms with Gasteiger partial charge in [-0.25, -0.2) is 4.79 Å². The molecule has 30 heavy (non-hydrogen) atoms. The number of rotatable bonds is 13. The Morgan fingerprint density at radius 3 is 2.00 bits per heavy atom. The molecule has 2 atom stereocenters. The molecule has 3 heteroatoms. The number of esters is 1. The summed E-state index contributed by atoms with van der Waals surface area (Å²) in [7, 11) is 0. The largest absolute Gasteiger partial charge is 0.456 e. The van der Waals surface area contributed by atoms with Crippen LogP contribution in [-0.4, -0.2) is 18.7 Å². The van der Waals surface area contributed by atoms with Gasteiger partial charge < -0.3 is 9.47 Å². The van der Waals surface area contributed by atoms with Gasteiger partial charge in [-0.15, -0.1) is 0 Å². The van der Waals surface area contributed by atoms with Crippen LogP contribution in [0.3, 0.4) is 0 Å². The van der Waals surface area contributed by atoms with Crippen LogP contribution in [0.1, 0.15) is 83.5 Å². The highest BCUT2D eigenvalue weighted by atomic mass is 16.6. The topological polar surface area (TPSA) is 35.5 Å². The maximum absolute atomic E-state index is 12.2. The van der Waals surface area contributed by atoms with Gasteiger partial charge in [-0.1, -0.05) is 88.1 Å². The monoisotopic (exact) mass is 410 g/mol. The van der Waals surface area contributed by atoms with E-state index in [4.69, 9.17) is 9.47 Å². The third-order valence-corrected chi connectivity index (χ3v) is 5.48. The van der Waals surface area contributed by atoms with Gasteiger partial charge in [0, 0.05) is 6.61 Å². The predicted octanol–water partition coefficient (Wildman–Crippen LogP) is 7.29. The summed E-state index contributed by atoms with van der Waals surface area (Å²) < 4.78 is 11.1. The van der Waals surface area contributed by atoms with Crippen molar-refractivity contribution >= 4 is 5.97 Å². The number of carbonyl (C=O) groups excluding carboxylic acids is 1. The molecule has 0 amide bonds. The van der Waals surface area contributed by atoms with E-state index in [2.05, 4.69) is 50.2 Å². The maximum atomic E-state index is 12.2. The number of benzene rings is 2. The summed E-state index contributed by atoms with van der Waals surface area (Å²) in [6, 6.07) is 17.1. The Hall–Kier alpha value is -2.13. The first kappa shape index (κ1) is 24.1. The van der Waals surface area contributed by atoms with Gasteiger partial charge in [0.15, 0.2) is 6.10 Å². The summed E-state index contributed by atoms with van der Waals surface area (Å²) in [4.78, 5) is 12.2. The van der Waals surface area contributed by atoms with E-state index in [0.717, 1.165) is 24.8 Å². The lowest BCUT2D eigenvalue weighted by molar-refractivity contribution is -0.161. The van der Waals surface area contributed by atoms with Crippen molar-refractivity contribution in [1.82, 2.24) is 0 Å². The second kappa shape index (κ2) is 13.2. The number of carbonyl (C=O) groups is 1. The summed E-state index contributed by atoms with van der Waals surface area (Å²) in [5.41, 5.74) is 4.77. The Morgan fingerprint density at radius 2 is 1.40 bits per heavy atom. The van der Waals surface area contributed by atoms with Gasteiger partial charge in [-0.3, -0.25) is 0 Å². The van der Waals surface area contributed by atoms with Gasteiger partial charge in [0.05, 0.1) is 0 Å². The normalized spacial score (nSPS) is 13.1. The molecule has 0 N–H and O–H groups in total. The Balaban J connectivity index is 1.88. The zero-order valence-corrected chi connectivity index (χ0v) is 19.2. The molecule has 2 aromatic rings. The molecular formula is C27H38O3. The van der Waals surface area contributed by atoms with Crippen LogP contribution < -0.4 is 0 Å². The average molecular weight is 411 g/mol. The molecule has 0 spiro atoms. The van der Waals surface area contributed by atoms with Crippen LogP contribution >= 0.6 is 0 Å². The molecule has 164 valence electrons. The molecule has 2 aromatic carbocycles. The third-order valence-electron chi connectivity index (χ3n) is 5.48. The molecule has 0 saturated carbocycles. The van der Waals surface area contributed by atoms with Crippen molar-refractivity contribution in [1.29, 1.82) is 0 Å². The molecule has 3 nitrogen and oxygen atoms in total. The van der Waals surface area contributed by atoms with Crippen molar-refractivity contribution in [2.45, 2.75) is 84.8 Å². The molecule has 0 heterocycles. The van der Waals surface area contributed by atoms with E-state index in [0.29, 0.717) is 6.61 Å². The van der Waals surface area contributed by atoms with Crippen molar-refractivity contribution < 1.29 is 14.3 Å². The quantitative estimate of drug-likeness (QED) is 0.257. The molecule has 0 aromatic heterocycles. The number of unbranched alkanes of at least 4 members (excludes halogenated alkanes) is 4. The molecule has 0 radical (unpaired) electrons. The first-order valence-corrected chi connectivity index (χ1v) is 11.6. The molecule has 0 aliphatic carbocycles. The second-order valence-corrected chi connectivity index (χ2v) is 8.08. The number of hydrogen-bond donors (Lipinski definition) is 0. The summed E-state index contributed by atoms with van der Waals surface area (Å²) in [6.07, 6.45) is 7.51. The van der Waals surface area contributed by atoms with Crippen molar-refractivity contribution in [2.24, 2.45) is 0 Å². The second-order valence-electron chi connectivity index (χ2n) is 8.08. The highest BCUT2D eigenvalue weighted by molar-refractivity contribution is 5.74. The minimum Gasteiger partial charge on any atom is -0.456 e. The van der Waals surface area contributed by atoms with Crippen molar-refractivity contribution in [3.05, 3.63) is 59.7 Å². The lowest BCUT2D eigenvalue weighted by Crippen LogP contribution is -2.25. The van der Waals surface area contributed by atoms with Crippen molar-refractivity contribution in [3.8, 4) is 11.1 Å². The summed E-state index contributed by atoms with van der Waals surface area (Å²) >= 11 is 0. The number of ether oxygens (including phenoxy) is 2.